The molecule has 0 atom stereocenters. The lowest BCUT2D eigenvalue weighted by atomic mass is 10.1. The number of benzene rings is 1. The van der Waals surface area contributed by atoms with E-state index in [1.165, 1.54) is 23.6 Å². The van der Waals surface area contributed by atoms with E-state index in [1.807, 2.05) is 12.3 Å². The summed E-state index contributed by atoms with van der Waals surface area (Å²) in [5, 5.41) is 6.49. The van der Waals surface area contributed by atoms with Crippen molar-refractivity contribution in [1.29, 1.82) is 0 Å². The van der Waals surface area contributed by atoms with E-state index in [-0.39, 0.29) is 16.5 Å². The van der Waals surface area contributed by atoms with Crippen molar-refractivity contribution in [2.45, 2.75) is 6.92 Å². The van der Waals surface area contributed by atoms with Crippen LogP contribution in [-0.4, -0.2) is 16.2 Å². The summed E-state index contributed by atoms with van der Waals surface area (Å²) < 4.78 is 28.1. The highest BCUT2D eigenvalue weighted by molar-refractivity contribution is 7.13. The highest BCUT2D eigenvalue weighted by Gasteiger charge is 2.12. The average Bonchev–Trinajstić information content (AvgIpc) is 2.88. The van der Waals surface area contributed by atoms with E-state index in [0.29, 0.717) is 5.13 Å². The highest BCUT2D eigenvalue weighted by atomic mass is 32.1. The van der Waals surface area contributed by atoms with Crippen LogP contribution >= 0.6 is 11.3 Å². The van der Waals surface area contributed by atoms with Gasteiger partial charge in [0.1, 0.15) is 11.6 Å². The number of thiazole rings is 1. The number of rotatable bonds is 3. The molecular formula is C14H10F2N4S. The van der Waals surface area contributed by atoms with Crippen LogP contribution in [0.2, 0.25) is 0 Å². The Hall–Kier alpha value is -2.41. The van der Waals surface area contributed by atoms with Crippen molar-refractivity contribution in [3.05, 3.63) is 52.7 Å². The van der Waals surface area contributed by atoms with E-state index in [0.717, 1.165) is 11.9 Å². The number of anilines is 1. The normalized spacial score (nSPS) is 11.4. The highest BCUT2D eigenvalue weighted by Crippen LogP contribution is 2.21. The summed E-state index contributed by atoms with van der Waals surface area (Å²) in [6.45, 7) is 1.85. The second-order valence-corrected chi connectivity index (χ2v) is 5.18. The Balaban J connectivity index is 1.93. The maximum Gasteiger partial charge on any atom is 0.203 e. The number of nitrogens with one attached hydrogen (secondary N) is 1. The third-order valence-electron chi connectivity index (χ3n) is 2.81. The fourth-order valence-electron chi connectivity index (χ4n) is 1.84. The van der Waals surface area contributed by atoms with Crippen LogP contribution in [0.25, 0.3) is 10.9 Å². The van der Waals surface area contributed by atoms with Crippen molar-refractivity contribution in [3.8, 4) is 0 Å². The molecule has 0 radical (unpaired) electrons. The Bertz CT molecular complexity index is 829. The summed E-state index contributed by atoms with van der Waals surface area (Å²) in [4.78, 5) is 8.06. The van der Waals surface area contributed by atoms with E-state index in [1.54, 1.807) is 12.1 Å². The molecule has 0 bridgehead atoms. The van der Waals surface area contributed by atoms with Crippen molar-refractivity contribution < 1.29 is 8.78 Å². The van der Waals surface area contributed by atoms with E-state index in [2.05, 4.69) is 20.5 Å². The van der Waals surface area contributed by atoms with Gasteiger partial charge in [-0.2, -0.15) is 5.10 Å². The molecule has 3 rings (SSSR count). The maximum atomic E-state index is 14.2. The Labute approximate surface area is 123 Å². The maximum absolute atomic E-state index is 14.2. The number of aryl methyl sites for hydroxylation is 1. The first kappa shape index (κ1) is 13.6. The predicted octanol–water partition coefficient (Wildman–Crippen LogP) is 3.72. The number of nitrogens with zero attached hydrogens (tertiary/aromatic N) is 3. The van der Waals surface area contributed by atoms with E-state index in [4.69, 9.17) is 0 Å². The number of pyridine rings is 1. The molecule has 21 heavy (non-hydrogen) atoms. The zero-order chi connectivity index (χ0) is 14.8. The van der Waals surface area contributed by atoms with Crippen LogP contribution in [0.5, 0.6) is 0 Å². The van der Waals surface area contributed by atoms with Crippen LogP contribution < -0.4 is 5.43 Å². The average molecular weight is 304 g/mol. The molecule has 0 spiro atoms. The second kappa shape index (κ2) is 5.53. The van der Waals surface area contributed by atoms with Gasteiger partial charge in [-0.3, -0.25) is 10.4 Å². The van der Waals surface area contributed by atoms with Crippen LogP contribution in [0, 0.1) is 18.6 Å². The predicted molar refractivity (Wildman–Crippen MR) is 79.7 cm³/mol. The third-order valence-corrected chi connectivity index (χ3v) is 3.67. The quantitative estimate of drug-likeness (QED) is 0.592. The Morgan fingerprint density at radius 3 is 3.00 bits per heavy atom. The van der Waals surface area contributed by atoms with Crippen molar-refractivity contribution in [1.82, 2.24) is 9.97 Å². The van der Waals surface area contributed by atoms with Crippen LogP contribution in [-0.2, 0) is 0 Å². The Kier molecular flexibility index (Phi) is 3.57. The number of hydrazone groups is 1. The van der Waals surface area contributed by atoms with Crippen LogP contribution in [0.3, 0.4) is 0 Å². The van der Waals surface area contributed by atoms with Gasteiger partial charge in [-0.05, 0) is 19.1 Å². The Morgan fingerprint density at radius 1 is 1.38 bits per heavy atom. The lowest BCUT2D eigenvalue weighted by Crippen LogP contribution is -1.99. The molecule has 0 fully saturated rings. The molecule has 1 aromatic carbocycles. The molecule has 2 aromatic heterocycles. The molecule has 7 heteroatoms. The SMILES string of the molecule is Cc1csc(NN=Cc2c(F)cc3ncccc3c2F)n1. The molecule has 2 heterocycles. The monoisotopic (exact) mass is 304 g/mol. The van der Waals surface area contributed by atoms with Crippen molar-refractivity contribution in [3.63, 3.8) is 0 Å². The molecule has 1 N–H and O–H groups in total. The van der Waals surface area contributed by atoms with Crippen LogP contribution in [0.1, 0.15) is 11.3 Å². The lowest BCUT2D eigenvalue weighted by molar-refractivity contribution is 0.588. The van der Waals surface area contributed by atoms with Gasteiger partial charge >= 0.3 is 0 Å². The number of hydrogen-bond donors (Lipinski definition) is 1. The van der Waals surface area contributed by atoms with Gasteiger partial charge in [-0.1, -0.05) is 0 Å². The van der Waals surface area contributed by atoms with Gasteiger partial charge in [0.2, 0.25) is 5.13 Å². The minimum Gasteiger partial charge on any atom is -0.256 e. The molecule has 0 unspecified atom stereocenters. The molecular weight excluding hydrogens is 294 g/mol. The molecule has 0 aliphatic heterocycles. The fraction of sp³-hybridized carbons (Fsp3) is 0.0714. The first-order chi connectivity index (χ1) is 10.1. The molecule has 0 aliphatic rings. The molecule has 0 saturated heterocycles. The molecule has 4 nitrogen and oxygen atoms in total. The molecule has 0 saturated carbocycles. The molecule has 0 amide bonds. The zero-order valence-electron chi connectivity index (χ0n) is 11.0. The van der Waals surface area contributed by atoms with Crippen molar-refractivity contribution >= 4 is 33.6 Å². The number of fused-ring (bicyclic) bond motifs is 1. The standard InChI is InChI=1S/C14H10F2N4S/c1-8-7-21-14(19-8)20-18-6-10-11(15)5-12-9(13(10)16)3-2-4-17-12/h2-7H,1H3,(H,19,20). The summed E-state index contributed by atoms with van der Waals surface area (Å²) in [7, 11) is 0. The van der Waals surface area contributed by atoms with Gasteiger partial charge in [-0.25, -0.2) is 13.8 Å². The minimum atomic E-state index is -0.709. The van der Waals surface area contributed by atoms with Gasteiger partial charge < -0.3 is 0 Å². The topological polar surface area (TPSA) is 50.2 Å². The van der Waals surface area contributed by atoms with Gasteiger partial charge in [-0.15, -0.1) is 11.3 Å². The molecule has 3 aromatic rings. The van der Waals surface area contributed by atoms with Crippen molar-refractivity contribution in [2.75, 3.05) is 5.43 Å². The molecule has 106 valence electrons. The van der Waals surface area contributed by atoms with E-state index in [9.17, 15) is 8.78 Å². The smallest absolute Gasteiger partial charge is 0.203 e. The first-order valence-corrected chi connectivity index (χ1v) is 6.97. The summed E-state index contributed by atoms with van der Waals surface area (Å²) >= 11 is 1.36. The van der Waals surface area contributed by atoms with Crippen molar-refractivity contribution in [2.24, 2.45) is 5.10 Å². The van der Waals surface area contributed by atoms with Gasteiger partial charge in [0, 0.05) is 23.0 Å². The van der Waals surface area contributed by atoms with Gasteiger partial charge in [0.05, 0.1) is 23.0 Å². The van der Waals surface area contributed by atoms with Crippen LogP contribution in [0.15, 0.2) is 34.9 Å². The zero-order valence-corrected chi connectivity index (χ0v) is 11.8. The third kappa shape index (κ3) is 2.73. The number of hydrogen-bond acceptors (Lipinski definition) is 5. The van der Waals surface area contributed by atoms with E-state index < -0.39 is 11.6 Å². The summed E-state index contributed by atoms with van der Waals surface area (Å²) in [6.07, 6.45) is 2.59. The van der Waals surface area contributed by atoms with E-state index >= 15 is 0 Å². The first-order valence-electron chi connectivity index (χ1n) is 6.09. The minimum absolute atomic E-state index is 0.212. The van der Waals surface area contributed by atoms with Gasteiger partial charge in [0.25, 0.3) is 0 Å². The summed E-state index contributed by atoms with van der Waals surface area (Å²) in [5.41, 5.74) is 3.56. The second-order valence-electron chi connectivity index (χ2n) is 4.32. The van der Waals surface area contributed by atoms with Crippen LogP contribution in [0.4, 0.5) is 13.9 Å². The number of halogens is 2. The lowest BCUT2D eigenvalue weighted by Gasteiger charge is -2.03. The summed E-state index contributed by atoms with van der Waals surface area (Å²) in [5.74, 6) is -1.39. The molecule has 0 aliphatic carbocycles. The number of aromatic nitrogens is 2. The largest absolute Gasteiger partial charge is 0.256 e. The Morgan fingerprint density at radius 2 is 2.24 bits per heavy atom. The van der Waals surface area contributed by atoms with Gasteiger partial charge in [0.15, 0.2) is 0 Å². The fourth-order valence-corrected chi connectivity index (χ4v) is 2.48. The summed E-state index contributed by atoms with van der Waals surface area (Å²) in [6, 6.07) is 4.33.